The molecule has 2 atom stereocenters. The maximum absolute atomic E-state index is 2.50. The van der Waals surface area contributed by atoms with Crippen molar-refractivity contribution in [1.82, 2.24) is 4.90 Å². The van der Waals surface area contributed by atoms with Crippen molar-refractivity contribution >= 4 is 0 Å². The molecule has 66 valence electrons. The minimum absolute atomic E-state index is 0.869. The van der Waals surface area contributed by atoms with Crippen LogP contribution >= 0.6 is 0 Å². The molecule has 1 aliphatic rings. The molecule has 0 aromatic carbocycles. The molecule has 0 heterocycles. The first-order chi connectivity index (χ1) is 5.25. The van der Waals surface area contributed by atoms with Crippen LogP contribution in [0.25, 0.3) is 0 Å². The van der Waals surface area contributed by atoms with Crippen LogP contribution in [-0.2, 0) is 0 Å². The Morgan fingerprint density at radius 3 is 2.45 bits per heavy atom. The number of nitrogens with zero attached hydrogens (tertiary/aromatic N) is 1. The van der Waals surface area contributed by atoms with E-state index in [0.29, 0.717) is 0 Å². The van der Waals surface area contributed by atoms with Gasteiger partial charge in [0, 0.05) is 6.04 Å². The van der Waals surface area contributed by atoms with Gasteiger partial charge in [0.25, 0.3) is 0 Å². The number of hydrogen-bond acceptors (Lipinski definition) is 1. The van der Waals surface area contributed by atoms with Gasteiger partial charge < -0.3 is 4.90 Å². The lowest BCUT2D eigenvalue weighted by atomic mass is 9.85. The molecule has 11 heavy (non-hydrogen) atoms. The van der Waals surface area contributed by atoms with E-state index in [0.717, 1.165) is 12.0 Å². The lowest BCUT2D eigenvalue weighted by molar-refractivity contribution is 0.146. The predicted octanol–water partition coefficient (Wildman–Crippen LogP) is 2.52. The van der Waals surface area contributed by atoms with Crippen LogP contribution in [0.4, 0.5) is 0 Å². The van der Waals surface area contributed by atoms with E-state index in [1.807, 2.05) is 0 Å². The molecule has 0 radical (unpaired) electrons. The zero-order valence-electron chi connectivity index (χ0n) is 8.14. The molecule has 1 fully saturated rings. The molecule has 1 saturated carbocycles. The van der Waals surface area contributed by atoms with Crippen LogP contribution in [0, 0.1) is 5.92 Å². The highest BCUT2D eigenvalue weighted by Gasteiger charge is 2.23. The minimum atomic E-state index is 0.869. The third kappa shape index (κ3) is 2.19. The van der Waals surface area contributed by atoms with Crippen molar-refractivity contribution in [2.75, 3.05) is 13.6 Å². The van der Waals surface area contributed by atoms with Gasteiger partial charge in [-0.05, 0) is 32.4 Å². The van der Waals surface area contributed by atoms with E-state index in [1.165, 1.54) is 32.2 Å². The SMILES string of the molecule is CCN(C)[C@@H]1CCCC[C@@H]1C. The molecule has 0 aromatic heterocycles. The fourth-order valence-corrected chi connectivity index (χ4v) is 2.19. The summed E-state index contributed by atoms with van der Waals surface area (Å²) in [6, 6.07) is 0.869. The first kappa shape index (κ1) is 9.05. The van der Waals surface area contributed by atoms with Crippen molar-refractivity contribution in [2.24, 2.45) is 5.92 Å². The van der Waals surface area contributed by atoms with E-state index in [-0.39, 0.29) is 0 Å². The normalized spacial score (nSPS) is 32.7. The van der Waals surface area contributed by atoms with E-state index >= 15 is 0 Å². The van der Waals surface area contributed by atoms with Gasteiger partial charge >= 0.3 is 0 Å². The number of rotatable bonds is 2. The van der Waals surface area contributed by atoms with Crippen LogP contribution in [0.3, 0.4) is 0 Å². The topological polar surface area (TPSA) is 3.24 Å². The summed E-state index contributed by atoms with van der Waals surface area (Å²) in [6.07, 6.45) is 5.76. The largest absolute Gasteiger partial charge is 0.303 e. The van der Waals surface area contributed by atoms with E-state index in [2.05, 4.69) is 25.8 Å². The molecule has 0 N–H and O–H groups in total. The summed E-state index contributed by atoms with van der Waals surface area (Å²) in [5.74, 6) is 0.925. The number of hydrogen-bond donors (Lipinski definition) is 0. The van der Waals surface area contributed by atoms with E-state index in [1.54, 1.807) is 0 Å². The Bertz CT molecular complexity index is 107. The second kappa shape index (κ2) is 4.10. The summed E-state index contributed by atoms with van der Waals surface area (Å²) < 4.78 is 0. The van der Waals surface area contributed by atoms with Crippen molar-refractivity contribution < 1.29 is 0 Å². The monoisotopic (exact) mass is 155 g/mol. The zero-order valence-corrected chi connectivity index (χ0v) is 8.14. The van der Waals surface area contributed by atoms with Crippen LogP contribution in [0.15, 0.2) is 0 Å². The van der Waals surface area contributed by atoms with E-state index < -0.39 is 0 Å². The van der Waals surface area contributed by atoms with Gasteiger partial charge in [-0.25, -0.2) is 0 Å². The Balaban J connectivity index is 2.40. The maximum Gasteiger partial charge on any atom is 0.0118 e. The standard InChI is InChI=1S/C10H21N/c1-4-11(3)10-8-6-5-7-9(10)2/h9-10H,4-8H2,1-3H3/t9-,10+/m0/s1. The maximum atomic E-state index is 2.50. The van der Waals surface area contributed by atoms with Crippen molar-refractivity contribution in [3.05, 3.63) is 0 Å². The summed E-state index contributed by atoms with van der Waals surface area (Å²) in [5.41, 5.74) is 0. The lowest BCUT2D eigenvalue weighted by Crippen LogP contribution is -2.38. The fraction of sp³-hybridized carbons (Fsp3) is 1.00. The Hall–Kier alpha value is -0.0400. The van der Waals surface area contributed by atoms with Crippen LogP contribution in [0.5, 0.6) is 0 Å². The molecule has 0 spiro atoms. The molecule has 0 aromatic rings. The first-order valence-electron chi connectivity index (χ1n) is 4.96. The predicted molar refractivity (Wildman–Crippen MR) is 49.7 cm³/mol. The Kier molecular flexibility index (Phi) is 3.38. The van der Waals surface area contributed by atoms with E-state index in [4.69, 9.17) is 0 Å². The van der Waals surface area contributed by atoms with Crippen molar-refractivity contribution in [3.8, 4) is 0 Å². The summed E-state index contributed by atoms with van der Waals surface area (Å²) in [7, 11) is 2.26. The highest BCUT2D eigenvalue weighted by Crippen LogP contribution is 2.26. The van der Waals surface area contributed by atoms with Gasteiger partial charge in [0.1, 0.15) is 0 Å². The van der Waals surface area contributed by atoms with Gasteiger partial charge in [0.05, 0.1) is 0 Å². The molecule has 1 heteroatoms. The third-order valence-electron chi connectivity index (χ3n) is 3.13. The van der Waals surface area contributed by atoms with Gasteiger partial charge in [0.15, 0.2) is 0 Å². The fourth-order valence-electron chi connectivity index (χ4n) is 2.19. The van der Waals surface area contributed by atoms with Gasteiger partial charge in [-0.1, -0.05) is 26.7 Å². The summed E-state index contributed by atoms with van der Waals surface area (Å²) >= 11 is 0. The third-order valence-corrected chi connectivity index (χ3v) is 3.13. The van der Waals surface area contributed by atoms with Crippen LogP contribution < -0.4 is 0 Å². The van der Waals surface area contributed by atoms with Crippen molar-refractivity contribution in [1.29, 1.82) is 0 Å². The first-order valence-corrected chi connectivity index (χ1v) is 4.96. The van der Waals surface area contributed by atoms with Gasteiger partial charge in [-0.15, -0.1) is 0 Å². The molecule has 0 amide bonds. The summed E-state index contributed by atoms with van der Waals surface area (Å²) in [4.78, 5) is 2.50. The molecular formula is C10H21N. The highest BCUT2D eigenvalue weighted by molar-refractivity contribution is 4.78. The molecule has 0 aliphatic heterocycles. The minimum Gasteiger partial charge on any atom is -0.303 e. The Labute approximate surface area is 70.8 Å². The second-order valence-corrected chi connectivity index (χ2v) is 3.90. The average molecular weight is 155 g/mol. The van der Waals surface area contributed by atoms with Crippen molar-refractivity contribution in [3.63, 3.8) is 0 Å². The van der Waals surface area contributed by atoms with E-state index in [9.17, 15) is 0 Å². The zero-order chi connectivity index (χ0) is 8.27. The molecule has 1 rings (SSSR count). The summed E-state index contributed by atoms with van der Waals surface area (Å²) in [5, 5.41) is 0. The molecule has 0 bridgehead atoms. The summed E-state index contributed by atoms with van der Waals surface area (Å²) in [6.45, 7) is 5.85. The van der Waals surface area contributed by atoms with Gasteiger partial charge in [-0.3, -0.25) is 0 Å². The van der Waals surface area contributed by atoms with Crippen molar-refractivity contribution in [2.45, 2.75) is 45.6 Å². The molecule has 0 saturated heterocycles. The van der Waals surface area contributed by atoms with Crippen LogP contribution in [0.1, 0.15) is 39.5 Å². The quantitative estimate of drug-likeness (QED) is 0.592. The Morgan fingerprint density at radius 2 is 1.91 bits per heavy atom. The van der Waals surface area contributed by atoms with Crippen LogP contribution in [-0.4, -0.2) is 24.5 Å². The lowest BCUT2D eigenvalue weighted by Gasteiger charge is -2.35. The highest BCUT2D eigenvalue weighted by atomic mass is 15.1. The average Bonchev–Trinajstić information content (AvgIpc) is 2.04. The van der Waals surface area contributed by atoms with Crippen LogP contribution in [0.2, 0.25) is 0 Å². The van der Waals surface area contributed by atoms with Gasteiger partial charge in [0.2, 0.25) is 0 Å². The second-order valence-electron chi connectivity index (χ2n) is 3.90. The van der Waals surface area contributed by atoms with Gasteiger partial charge in [-0.2, -0.15) is 0 Å². The molecular weight excluding hydrogens is 134 g/mol. The molecule has 1 aliphatic carbocycles. The molecule has 1 nitrogen and oxygen atoms in total. The smallest absolute Gasteiger partial charge is 0.0118 e. The molecule has 0 unspecified atom stereocenters. The Morgan fingerprint density at radius 1 is 1.27 bits per heavy atom.